The highest BCUT2D eigenvalue weighted by molar-refractivity contribution is 5.10. The summed E-state index contributed by atoms with van der Waals surface area (Å²) in [6.45, 7) is 4.09. The zero-order valence-corrected chi connectivity index (χ0v) is 11.1. The topological polar surface area (TPSA) is 30.5 Å². The summed E-state index contributed by atoms with van der Waals surface area (Å²) in [7, 11) is 1.85. The second kappa shape index (κ2) is 5.87. The number of nitrogens with one attached hydrogen (secondary N) is 1. The maximum atomic E-state index is 5.72. The van der Waals surface area contributed by atoms with Gasteiger partial charge in [0.1, 0.15) is 5.76 Å². The minimum atomic E-state index is 0.109. The van der Waals surface area contributed by atoms with Crippen LogP contribution in [0.4, 0.5) is 0 Å². The third-order valence-corrected chi connectivity index (χ3v) is 3.99. The van der Waals surface area contributed by atoms with Crippen LogP contribution in [0.2, 0.25) is 0 Å². The highest BCUT2D eigenvalue weighted by Gasteiger charge is 2.40. The van der Waals surface area contributed by atoms with E-state index in [9.17, 15) is 0 Å². The van der Waals surface area contributed by atoms with Crippen LogP contribution in [0.25, 0.3) is 0 Å². The van der Waals surface area contributed by atoms with Crippen LogP contribution in [0.5, 0.6) is 0 Å². The standard InChI is InChI=1S/C14H25NO2/c1-3-9-15-12(13-6-4-10-17-13)11-14(16-2)7-5-8-14/h6,12,15H,3-5,7-11H2,1-2H3. The Balaban J connectivity index is 1.94. The Hall–Kier alpha value is -0.540. The zero-order chi connectivity index (χ0) is 12.1. The van der Waals surface area contributed by atoms with E-state index in [0.29, 0.717) is 6.04 Å². The number of rotatable bonds is 7. The largest absolute Gasteiger partial charge is 0.496 e. The maximum absolute atomic E-state index is 5.72. The summed E-state index contributed by atoms with van der Waals surface area (Å²) >= 11 is 0. The molecular weight excluding hydrogens is 214 g/mol. The van der Waals surface area contributed by atoms with Crippen molar-refractivity contribution in [1.29, 1.82) is 0 Å². The van der Waals surface area contributed by atoms with E-state index in [1.807, 2.05) is 7.11 Å². The first kappa shape index (κ1) is 12.9. The lowest BCUT2D eigenvalue weighted by Gasteiger charge is -2.43. The van der Waals surface area contributed by atoms with Crippen molar-refractivity contribution >= 4 is 0 Å². The summed E-state index contributed by atoms with van der Waals surface area (Å²) < 4.78 is 11.4. The van der Waals surface area contributed by atoms with E-state index in [0.717, 1.165) is 38.2 Å². The monoisotopic (exact) mass is 239 g/mol. The van der Waals surface area contributed by atoms with Crippen molar-refractivity contribution in [3.8, 4) is 0 Å². The zero-order valence-electron chi connectivity index (χ0n) is 11.1. The number of hydrogen-bond donors (Lipinski definition) is 1. The van der Waals surface area contributed by atoms with Gasteiger partial charge in [0.2, 0.25) is 0 Å². The second-order valence-electron chi connectivity index (χ2n) is 5.20. The van der Waals surface area contributed by atoms with Gasteiger partial charge in [-0.2, -0.15) is 0 Å². The first-order valence-electron chi connectivity index (χ1n) is 6.91. The molecule has 3 nitrogen and oxygen atoms in total. The average Bonchev–Trinajstić information content (AvgIpc) is 2.81. The normalized spacial score (nSPS) is 23.8. The fourth-order valence-electron chi connectivity index (χ4n) is 2.71. The van der Waals surface area contributed by atoms with Crippen LogP contribution in [0.15, 0.2) is 11.8 Å². The molecular formula is C14H25NO2. The van der Waals surface area contributed by atoms with Gasteiger partial charge in [0.05, 0.1) is 18.2 Å². The molecule has 0 aromatic rings. The summed E-state index contributed by atoms with van der Waals surface area (Å²) in [4.78, 5) is 0. The fraction of sp³-hybridized carbons (Fsp3) is 0.857. The van der Waals surface area contributed by atoms with Crippen molar-refractivity contribution < 1.29 is 9.47 Å². The lowest BCUT2D eigenvalue weighted by atomic mass is 9.75. The van der Waals surface area contributed by atoms with Gasteiger partial charge in [-0.1, -0.05) is 6.92 Å². The van der Waals surface area contributed by atoms with Gasteiger partial charge in [0.15, 0.2) is 0 Å². The molecule has 1 unspecified atom stereocenters. The van der Waals surface area contributed by atoms with E-state index in [4.69, 9.17) is 9.47 Å². The molecule has 0 aromatic heterocycles. The molecule has 17 heavy (non-hydrogen) atoms. The molecule has 1 aliphatic heterocycles. The van der Waals surface area contributed by atoms with Crippen LogP contribution in [0, 0.1) is 0 Å². The van der Waals surface area contributed by atoms with Gasteiger partial charge in [-0.15, -0.1) is 0 Å². The van der Waals surface area contributed by atoms with Gasteiger partial charge in [-0.05, 0) is 44.7 Å². The van der Waals surface area contributed by atoms with Gasteiger partial charge in [0, 0.05) is 13.5 Å². The Kier molecular flexibility index (Phi) is 4.46. The minimum absolute atomic E-state index is 0.109. The van der Waals surface area contributed by atoms with Crippen LogP contribution in [0.1, 0.15) is 45.4 Å². The summed E-state index contributed by atoms with van der Waals surface area (Å²) in [5, 5.41) is 3.60. The molecule has 1 saturated carbocycles. The summed E-state index contributed by atoms with van der Waals surface area (Å²) in [5.74, 6) is 1.14. The number of methoxy groups -OCH3 is 1. The highest BCUT2D eigenvalue weighted by Crippen LogP contribution is 2.40. The molecule has 0 amide bonds. The van der Waals surface area contributed by atoms with Crippen molar-refractivity contribution in [2.45, 2.75) is 57.1 Å². The lowest BCUT2D eigenvalue weighted by molar-refractivity contribution is -0.0836. The van der Waals surface area contributed by atoms with Gasteiger partial charge in [-0.3, -0.25) is 0 Å². The molecule has 1 N–H and O–H groups in total. The van der Waals surface area contributed by atoms with E-state index in [1.165, 1.54) is 19.3 Å². The van der Waals surface area contributed by atoms with Crippen molar-refractivity contribution in [2.75, 3.05) is 20.3 Å². The third-order valence-electron chi connectivity index (χ3n) is 3.99. The van der Waals surface area contributed by atoms with Crippen LogP contribution in [-0.4, -0.2) is 31.9 Å². The summed E-state index contributed by atoms with van der Waals surface area (Å²) in [6.07, 6.45) is 9.19. The molecule has 2 rings (SSSR count). The van der Waals surface area contributed by atoms with Crippen molar-refractivity contribution in [1.82, 2.24) is 5.32 Å². The Morgan fingerprint density at radius 3 is 2.82 bits per heavy atom. The maximum Gasteiger partial charge on any atom is 0.109 e. The predicted molar refractivity (Wildman–Crippen MR) is 68.9 cm³/mol. The van der Waals surface area contributed by atoms with Gasteiger partial charge >= 0.3 is 0 Å². The molecule has 0 aromatic carbocycles. The SMILES string of the molecule is CCCNC(CC1(OC)CCC1)C1=CCCO1. The molecule has 1 fully saturated rings. The van der Waals surface area contributed by atoms with Gasteiger partial charge in [-0.25, -0.2) is 0 Å². The lowest BCUT2D eigenvalue weighted by Crippen LogP contribution is -2.46. The van der Waals surface area contributed by atoms with Crippen molar-refractivity contribution in [3.05, 3.63) is 11.8 Å². The molecule has 2 aliphatic rings. The molecule has 1 aliphatic carbocycles. The van der Waals surface area contributed by atoms with Crippen LogP contribution in [-0.2, 0) is 9.47 Å². The molecule has 0 radical (unpaired) electrons. The highest BCUT2D eigenvalue weighted by atomic mass is 16.5. The van der Waals surface area contributed by atoms with Crippen molar-refractivity contribution in [3.63, 3.8) is 0 Å². The Morgan fingerprint density at radius 1 is 1.53 bits per heavy atom. The van der Waals surface area contributed by atoms with Gasteiger partial charge in [0.25, 0.3) is 0 Å². The van der Waals surface area contributed by atoms with Crippen LogP contribution < -0.4 is 5.32 Å². The first-order chi connectivity index (χ1) is 8.29. The van der Waals surface area contributed by atoms with E-state index < -0.39 is 0 Å². The average molecular weight is 239 g/mol. The second-order valence-corrected chi connectivity index (χ2v) is 5.20. The number of hydrogen-bond acceptors (Lipinski definition) is 3. The van der Waals surface area contributed by atoms with E-state index in [2.05, 4.69) is 18.3 Å². The minimum Gasteiger partial charge on any atom is -0.496 e. The van der Waals surface area contributed by atoms with E-state index in [1.54, 1.807) is 0 Å². The van der Waals surface area contributed by atoms with E-state index in [-0.39, 0.29) is 5.60 Å². The van der Waals surface area contributed by atoms with Crippen LogP contribution in [0.3, 0.4) is 0 Å². The fourth-order valence-corrected chi connectivity index (χ4v) is 2.71. The summed E-state index contributed by atoms with van der Waals surface area (Å²) in [5.41, 5.74) is 0.109. The number of ether oxygens (including phenoxy) is 2. The first-order valence-corrected chi connectivity index (χ1v) is 6.91. The molecule has 3 heteroatoms. The smallest absolute Gasteiger partial charge is 0.109 e. The predicted octanol–water partition coefficient (Wildman–Crippen LogP) is 2.62. The van der Waals surface area contributed by atoms with Crippen LogP contribution >= 0.6 is 0 Å². The molecule has 1 heterocycles. The third kappa shape index (κ3) is 3.02. The van der Waals surface area contributed by atoms with E-state index >= 15 is 0 Å². The van der Waals surface area contributed by atoms with Crippen molar-refractivity contribution in [2.24, 2.45) is 0 Å². The quantitative estimate of drug-likeness (QED) is 0.741. The Morgan fingerprint density at radius 2 is 2.35 bits per heavy atom. The Bertz CT molecular complexity index is 266. The Labute approximate surface area is 105 Å². The molecule has 98 valence electrons. The molecule has 1 atom stereocenters. The molecule has 0 bridgehead atoms. The van der Waals surface area contributed by atoms with Gasteiger partial charge < -0.3 is 14.8 Å². The molecule has 0 saturated heterocycles. The molecule has 0 spiro atoms. The summed E-state index contributed by atoms with van der Waals surface area (Å²) in [6, 6.07) is 0.345.